The highest BCUT2D eigenvalue weighted by Gasteiger charge is 2.17. The van der Waals surface area contributed by atoms with Crippen LogP contribution in [0, 0.1) is 5.92 Å². The molecule has 5 heteroatoms. The molecule has 0 aliphatic rings. The average Bonchev–Trinajstić information content (AvgIpc) is 2.30. The third-order valence-corrected chi connectivity index (χ3v) is 4.29. The number of rotatable bonds is 7. The molecule has 0 aromatic heterocycles. The van der Waals surface area contributed by atoms with E-state index in [1.165, 1.54) is 6.92 Å². The summed E-state index contributed by atoms with van der Waals surface area (Å²) in [5, 5.41) is 9.31. The number of carboxylic acid groups (broad SMARTS) is 1. The summed E-state index contributed by atoms with van der Waals surface area (Å²) in [6.07, 6.45) is 1.41. The molecule has 1 aromatic carbocycles. The van der Waals surface area contributed by atoms with Crippen molar-refractivity contribution in [1.82, 2.24) is 0 Å². The number of thioether (sulfide) groups is 1. The maximum absolute atomic E-state index is 11.2. The first kappa shape index (κ1) is 18.1. The molecule has 0 amide bonds. The second kappa shape index (κ2) is 8.44. The Balaban J connectivity index is 2.81. The van der Waals surface area contributed by atoms with E-state index >= 15 is 0 Å². The minimum absolute atomic E-state index is 0.0321. The van der Waals surface area contributed by atoms with Crippen LogP contribution in [0.5, 0.6) is 0 Å². The first-order valence-corrected chi connectivity index (χ1v) is 8.20. The predicted octanol–water partition coefficient (Wildman–Crippen LogP) is 4.20. The smallest absolute Gasteiger partial charge is 0.304 e. The second-order valence-electron chi connectivity index (χ2n) is 5.56. The molecule has 116 valence electrons. The van der Waals surface area contributed by atoms with Crippen LogP contribution in [0.3, 0.4) is 0 Å². The summed E-state index contributed by atoms with van der Waals surface area (Å²) >= 11 is 7.36. The monoisotopic (exact) mass is 328 g/mol. The van der Waals surface area contributed by atoms with E-state index in [9.17, 15) is 9.59 Å². The molecule has 0 aliphatic heterocycles. The maximum Gasteiger partial charge on any atom is 0.304 e. The van der Waals surface area contributed by atoms with E-state index in [1.807, 2.05) is 18.2 Å². The van der Waals surface area contributed by atoms with Crippen LogP contribution in [-0.2, 0) is 22.4 Å². The minimum Gasteiger partial charge on any atom is -0.481 e. The molecular weight excluding hydrogens is 308 g/mol. The van der Waals surface area contributed by atoms with Crippen LogP contribution in [0.4, 0.5) is 0 Å². The van der Waals surface area contributed by atoms with Gasteiger partial charge >= 0.3 is 5.97 Å². The van der Waals surface area contributed by atoms with Gasteiger partial charge in [0.2, 0.25) is 0 Å². The van der Waals surface area contributed by atoms with Crippen molar-refractivity contribution < 1.29 is 14.7 Å². The Morgan fingerprint density at radius 1 is 1.29 bits per heavy atom. The lowest BCUT2D eigenvalue weighted by atomic mass is 10.00. The van der Waals surface area contributed by atoms with Gasteiger partial charge in [-0.2, -0.15) is 0 Å². The average molecular weight is 329 g/mol. The summed E-state index contributed by atoms with van der Waals surface area (Å²) in [5.41, 5.74) is 2.07. The van der Waals surface area contributed by atoms with Crippen molar-refractivity contribution in [2.75, 3.05) is 0 Å². The molecule has 0 saturated heterocycles. The van der Waals surface area contributed by atoms with Gasteiger partial charge in [0.15, 0.2) is 5.12 Å². The number of aliphatic carboxylic acids is 1. The number of benzene rings is 1. The molecular formula is C16H21ClO3S. The lowest BCUT2D eigenvalue weighted by Crippen LogP contribution is -2.14. The van der Waals surface area contributed by atoms with Gasteiger partial charge in [-0.3, -0.25) is 9.59 Å². The normalized spacial score (nSPS) is 12.4. The van der Waals surface area contributed by atoms with E-state index < -0.39 is 5.97 Å². The summed E-state index contributed by atoms with van der Waals surface area (Å²) in [6.45, 7) is 5.73. The first-order valence-electron chi connectivity index (χ1n) is 6.94. The highest BCUT2D eigenvalue weighted by molar-refractivity contribution is 8.14. The Bertz CT molecular complexity index is 498. The maximum atomic E-state index is 11.2. The molecule has 21 heavy (non-hydrogen) atoms. The number of halogens is 1. The van der Waals surface area contributed by atoms with Crippen LogP contribution in [0.2, 0.25) is 5.02 Å². The molecule has 0 heterocycles. The van der Waals surface area contributed by atoms with Gasteiger partial charge in [-0.1, -0.05) is 49.3 Å². The quantitative estimate of drug-likeness (QED) is 0.814. The van der Waals surface area contributed by atoms with Gasteiger partial charge in [-0.25, -0.2) is 0 Å². The van der Waals surface area contributed by atoms with Crippen LogP contribution < -0.4 is 0 Å². The number of hydrogen-bond acceptors (Lipinski definition) is 3. The molecule has 1 N–H and O–H groups in total. The van der Waals surface area contributed by atoms with Crippen LogP contribution in [-0.4, -0.2) is 21.4 Å². The van der Waals surface area contributed by atoms with Gasteiger partial charge in [0.25, 0.3) is 0 Å². The number of carbonyl (C=O) groups is 2. The van der Waals surface area contributed by atoms with Crippen LogP contribution >= 0.6 is 23.4 Å². The number of carboxylic acids is 1. The van der Waals surface area contributed by atoms with Gasteiger partial charge < -0.3 is 5.11 Å². The van der Waals surface area contributed by atoms with E-state index in [0.717, 1.165) is 29.3 Å². The van der Waals surface area contributed by atoms with Crippen LogP contribution in [0.25, 0.3) is 0 Å². The van der Waals surface area contributed by atoms with Gasteiger partial charge in [0.05, 0.1) is 6.42 Å². The zero-order chi connectivity index (χ0) is 16.0. The highest BCUT2D eigenvalue weighted by Crippen LogP contribution is 2.25. The molecule has 0 spiro atoms. The zero-order valence-corrected chi connectivity index (χ0v) is 14.1. The molecule has 1 aromatic rings. The van der Waals surface area contributed by atoms with Gasteiger partial charge in [-0.15, -0.1) is 0 Å². The van der Waals surface area contributed by atoms with E-state index in [0.29, 0.717) is 17.4 Å². The highest BCUT2D eigenvalue weighted by atomic mass is 35.5. The molecule has 1 unspecified atom stereocenters. The molecule has 0 fully saturated rings. The fourth-order valence-electron chi connectivity index (χ4n) is 2.17. The van der Waals surface area contributed by atoms with E-state index in [4.69, 9.17) is 16.7 Å². The van der Waals surface area contributed by atoms with Crippen molar-refractivity contribution in [3.8, 4) is 0 Å². The second-order valence-corrected chi connectivity index (χ2v) is 7.44. The third-order valence-electron chi connectivity index (χ3n) is 2.94. The first-order chi connectivity index (χ1) is 9.77. The third kappa shape index (κ3) is 7.00. The fraction of sp³-hybridized carbons (Fsp3) is 0.500. The van der Waals surface area contributed by atoms with Crippen molar-refractivity contribution in [2.45, 2.75) is 45.3 Å². The molecule has 3 nitrogen and oxygen atoms in total. The van der Waals surface area contributed by atoms with Crippen molar-refractivity contribution >= 4 is 34.4 Å². The molecule has 1 rings (SSSR count). The SMILES string of the molecule is CC(=O)SC(CC(=O)O)Cc1ccc(CC(C)C)c(Cl)c1. The van der Waals surface area contributed by atoms with E-state index in [-0.39, 0.29) is 16.8 Å². The van der Waals surface area contributed by atoms with E-state index in [1.54, 1.807) is 0 Å². The topological polar surface area (TPSA) is 54.4 Å². The Kier molecular flexibility index (Phi) is 7.26. The van der Waals surface area contributed by atoms with Crippen LogP contribution in [0.1, 0.15) is 38.3 Å². The number of hydrogen-bond donors (Lipinski definition) is 1. The van der Waals surface area contributed by atoms with E-state index in [2.05, 4.69) is 13.8 Å². The predicted molar refractivity (Wildman–Crippen MR) is 88.0 cm³/mol. The summed E-state index contributed by atoms with van der Waals surface area (Å²) in [6, 6.07) is 5.85. The van der Waals surface area contributed by atoms with Crippen molar-refractivity contribution in [3.63, 3.8) is 0 Å². The molecule has 1 atom stereocenters. The fourth-order valence-corrected chi connectivity index (χ4v) is 3.42. The summed E-state index contributed by atoms with van der Waals surface area (Å²) in [7, 11) is 0. The Morgan fingerprint density at radius 3 is 2.43 bits per heavy atom. The Morgan fingerprint density at radius 2 is 1.95 bits per heavy atom. The lowest BCUT2D eigenvalue weighted by molar-refractivity contribution is -0.136. The summed E-state index contributed by atoms with van der Waals surface area (Å²) in [5.74, 6) is -0.363. The molecule has 0 bridgehead atoms. The largest absolute Gasteiger partial charge is 0.481 e. The molecule has 0 saturated carbocycles. The van der Waals surface area contributed by atoms with Crippen molar-refractivity contribution in [2.24, 2.45) is 5.92 Å². The van der Waals surface area contributed by atoms with Crippen molar-refractivity contribution in [1.29, 1.82) is 0 Å². The van der Waals surface area contributed by atoms with Gasteiger partial charge in [0, 0.05) is 17.2 Å². The summed E-state index contributed by atoms with van der Waals surface area (Å²) in [4.78, 5) is 22.1. The summed E-state index contributed by atoms with van der Waals surface area (Å²) < 4.78 is 0. The van der Waals surface area contributed by atoms with Gasteiger partial charge in [0.1, 0.15) is 0 Å². The Labute approximate surface area is 135 Å². The molecule has 0 aliphatic carbocycles. The lowest BCUT2D eigenvalue weighted by Gasteiger charge is -2.14. The van der Waals surface area contributed by atoms with Crippen molar-refractivity contribution in [3.05, 3.63) is 34.3 Å². The number of carbonyl (C=O) groups excluding carboxylic acids is 1. The Hall–Kier alpha value is -1.00. The standard InChI is InChI=1S/C16H21ClO3S/c1-10(2)6-13-5-4-12(8-15(13)17)7-14(9-16(19)20)21-11(3)18/h4-5,8,10,14H,6-7,9H2,1-3H3,(H,19,20). The van der Waals surface area contributed by atoms with Gasteiger partial charge in [-0.05, 0) is 36.0 Å². The minimum atomic E-state index is -0.892. The molecule has 0 radical (unpaired) electrons. The zero-order valence-electron chi connectivity index (χ0n) is 12.6. The van der Waals surface area contributed by atoms with Crippen LogP contribution in [0.15, 0.2) is 18.2 Å².